The molecule has 1 aliphatic carbocycles. The number of hydrogen-bond acceptors (Lipinski definition) is 2. The molecule has 0 aromatic carbocycles. The van der Waals surface area contributed by atoms with Crippen molar-refractivity contribution in [2.24, 2.45) is 5.41 Å². The zero-order chi connectivity index (χ0) is 12.0. The lowest BCUT2D eigenvalue weighted by Gasteiger charge is -2.55. The minimum atomic E-state index is 0.339. The van der Waals surface area contributed by atoms with Gasteiger partial charge in [-0.15, -0.1) is 5.92 Å². The summed E-state index contributed by atoms with van der Waals surface area (Å²) < 4.78 is 5.84. The standard InChI is InChI=1S/C14H25NO/c1-5-9-10-15-12-11-13(16-8-4)14(12,6-2)7-3/h12-13,15H,6-8,10-11H2,1-4H3. The molecule has 0 spiro atoms. The van der Waals surface area contributed by atoms with E-state index >= 15 is 0 Å². The number of rotatable bonds is 6. The van der Waals surface area contributed by atoms with Crippen molar-refractivity contribution in [2.45, 2.75) is 59.1 Å². The topological polar surface area (TPSA) is 21.3 Å². The molecule has 2 nitrogen and oxygen atoms in total. The largest absolute Gasteiger partial charge is 0.378 e. The van der Waals surface area contributed by atoms with E-state index in [1.165, 1.54) is 12.8 Å². The number of ether oxygens (including phenoxy) is 1. The third kappa shape index (κ3) is 2.42. The van der Waals surface area contributed by atoms with Crippen LogP contribution in [0, 0.1) is 17.3 Å². The zero-order valence-electron chi connectivity index (χ0n) is 11.1. The van der Waals surface area contributed by atoms with E-state index in [0.717, 1.165) is 19.6 Å². The van der Waals surface area contributed by atoms with Crippen molar-refractivity contribution >= 4 is 0 Å². The minimum Gasteiger partial charge on any atom is -0.378 e. The number of hydrogen-bond donors (Lipinski definition) is 1. The van der Waals surface area contributed by atoms with E-state index in [4.69, 9.17) is 4.74 Å². The molecule has 2 heteroatoms. The summed E-state index contributed by atoms with van der Waals surface area (Å²) in [5.74, 6) is 6.01. The summed E-state index contributed by atoms with van der Waals surface area (Å²) in [6.45, 7) is 10.1. The fraction of sp³-hybridized carbons (Fsp3) is 0.857. The van der Waals surface area contributed by atoms with Crippen LogP contribution in [0.4, 0.5) is 0 Å². The van der Waals surface area contributed by atoms with Gasteiger partial charge >= 0.3 is 0 Å². The predicted molar refractivity (Wildman–Crippen MR) is 68.3 cm³/mol. The van der Waals surface area contributed by atoms with E-state index in [-0.39, 0.29) is 0 Å². The van der Waals surface area contributed by atoms with Gasteiger partial charge in [-0.1, -0.05) is 19.8 Å². The molecule has 1 saturated carbocycles. The van der Waals surface area contributed by atoms with Crippen LogP contribution in [-0.4, -0.2) is 25.3 Å². The molecule has 2 unspecified atom stereocenters. The van der Waals surface area contributed by atoms with Gasteiger partial charge in [0.2, 0.25) is 0 Å². The molecule has 0 aliphatic heterocycles. The van der Waals surface area contributed by atoms with Crippen LogP contribution in [-0.2, 0) is 4.74 Å². The Labute approximate surface area is 100 Å². The highest BCUT2D eigenvalue weighted by molar-refractivity contribution is 5.08. The Bertz CT molecular complexity index is 260. The lowest BCUT2D eigenvalue weighted by Crippen LogP contribution is -2.63. The van der Waals surface area contributed by atoms with Gasteiger partial charge < -0.3 is 10.1 Å². The number of nitrogens with one attached hydrogen (secondary N) is 1. The first-order valence-electron chi connectivity index (χ1n) is 6.49. The van der Waals surface area contributed by atoms with Gasteiger partial charge in [-0.05, 0) is 33.1 Å². The van der Waals surface area contributed by atoms with Crippen LogP contribution < -0.4 is 5.32 Å². The molecule has 0 radical (unpaired) electrons. The van der Waals surface area contributed by atoms with Crippen molar-refractivity contribution in [3.63, 3.8) is 0 Å². The SMILES string of the molecule is CC#CCNC1CC(OCC)C1(CC)CC. The molecule has 0 aromatic heterocycles. The molecule has 16 heavy (non-hydrogen) atoms. The highest BCUT2D eigenvalue weighted by atomic mass is 16.5. The molecular weight excluding hydrogens is 198 g/mol. The molecule has 0 bridgehead atoms. The highest BCUT2D eigenvalue weighted by Gasteiger charge is 2.52. The van der Waals surface area contributed by atoms with Gasteiger partial charge in [-0.2, -0.15) is 0 Å². The maximum Gasteiger partial charge on any atom is 0.0660 e. The second kappa shape index (κ2) is 6.27. The molecule has 2 atom stereocenters. The average molecular weight is 223 g/mol. The van der Waals surface area contributed by atoms with Crippen LogP contribution in [0.3, 0.4) is 0 Å². The van der Waals surface area contributed by atoms with Crippen LogP contribution in [0.2, 0.25) is 0 Å². The lowest BCUT2D eigenvalue weighted by molar-refractivity contribution is -0.136. The normalized spacial score (nSPS) is 26.8. The fourth-order valence-corrected chi connectivity index (χ4v) is 2.93. The molecule has 0 amide bonds. The minimum absolute atomic E-state index is 0.339. The van der Waals surface area contributed by atoms with Crippen molar-refractivity contribution < 1.29 is 4.74 Å². The maximum absolute atomic E-state index is 5.84. The summed E-state index contributed by atoms with van der Waals surface area (Å²) in [5, 5.41) is 3.55. The Morgan fingerprint density at radius 2 is 2.00 bits per heavy atom. The Hall–Kier alpha value is -0.520. The van der Waals surface area contributed by atoms with E-state index in [2.05, 4.69) is 37.9 Å². The van der Waals surface area contributed by atoms with E-state index in [1.807, 2.05) is 6.92 Å². The van der Waals surface area contributed by atoms with Gasteiger partial charge in [0, 0.05) is 18.1 Å². The highest BCUT2D eigenvalue weighted by Crippen LogP contribution is 2.48. The third-order valence-corrected chi connectivity index (χ3v) is 4.08. The van der Waals surface area contributed by atoms with Crippen LogP contribution in [0.1, 0.15) is 47.0 Å². The van der Waals surface area contributed by atoms with E-state index in [1.54, 1.807) is 0 Å². The Morgan fingerprint density at radius 3 is 2.50 bits per heavy atom. The summed E-state index contributed by atoms with van der Waals surface area (Å²) in [5.41, 5.74) is 0.339. The van der Waals surface area contributed by atoms with Crippen LogP contribution in [0.15, 0.2) is 0 Å². The summed E-state index contributed by atoms with van der Waals surface area (Å²) in [6, 6.07) is 0.583. The van der Waals surface area contributed by atoms with Gasteiger partial charge in [-0.25, -0.2) is 0 Å². The Morgan fingerprint density at radius 1 is 1.31 bits per heavy atom. The molecule has 0 heterocycles. The van der Waals surface area contributed by atoms with Crippen LogP contribution in [0.25, 0.3) is 0 Å². The van der Waals surface area contributed by atoms with Gasteiger partial charge in [0.15, 0.2) is 0 Å². The molecule has 1 rings (SSSR count). The average Bonchev–Trinajstić information content (AvgIpc) is 2.29. The van der Waals surface area contributed by atoms with Crippen molar-refractivity contribution in [1.29, 1.82) is 0 Å². The zero-order valence-corrected chi connectivity index (χ0v) is 11.1. The Balaban J connectivity index is 2.55. The maximum atomic E-state index is 5.84. The predicted octanol–water partition coefficient (Wildman–Crippen LogP) is 2.58. The van der Waals surface area contributed by atoms with Gasteiger partial charge in [0.1, 0.15) is 0 Å². The van der Waals surface area contributed by atoms with E-state index < -0.39 is 0 Å². The molecule has 1 N–H and O–H groups in total. The summed E-state index contributed by atoms with van der Waals surface area (Å²) in [6.07, 6.45) is 3.96. The second-order valence-corrected chi connectivity index (χ2v) is 4.48. The molecule has 92 valence electrons. The summed E-state index contributed by atoms with van der Waals surface area (Å²) in [7, 11) is 0. The molecular formula is C14H25NO. The van der Waals surface area contributed by atoms with E-state index in [0.29, 0.717) is 17.6 Å². The van der Waals surface area contributed by atoms with Gasteiger partial charge in [-0.3, -0.25) is 0 Å². The van der Waals surface area contributed by atoms with Gasteiger partial charge in [0.05, 0.1) is 12.6 Å². The van der Waals surface area contributed by atoms with Crippen LogP contribution >= 0.6 is 0 Å². The Kier molecular flexibility index (Phi) is 5.31. The quantitative estimate of drug-likeness (QED) is 0.699. The van der Waals surface area contributed by atoms with Crippen molar-refractivity contribution in [2.75, 3.05) is 13.2 Å². The smallest absolute Gasteiger partial charge is 0.0660 e. The summed E-state index contributed by atoms with van der Waals surface area (Å²) in [4.78, 5) is 0. The van der Waals surface area contributed by atoms with E-state index in [9.17, 15) is 0 Å². The first kappa shape index (κ1) is 13.5. The molecule has 0 aromatic rings. The lowest BCUT2D eigenvalue weighted by atomic mass is 9.58. The van der Waals surface area contributed by atoms with Crippen molar-refractivity contribution in [3.05, 3.63) is 0 Å². The fourth-order valence-electron chi connectivity index (χ4n) is 2.93. The second-order valence-electron chi connectivity index (χ2n) is 4.48. The first-order valence-corrected chi connectivity index (χ1v) is 6.49. The van der Waals surface area contributed by atoms with Crippen molar-refractivity contribution in [3.8, 4) is 11.8 Å². The van der Waals surface area contributed by atoms with Gasteiger partial charge in [0.25, 0.3) is 0 Å². The molecule has 1 aliphatic rings. The summed E-state index contributed by atoms with van der Waals surface area (Å²) >= 11 is 0. The molecule has 1 fully saturated rings. The molecule has 0 saturated heterocycles. The first-order chi connectivity index (χ1) is 7.75. The van der Waals surface area contributed by atoms with Crippen molar-refractivity contribution in [1.82, 2.24) is 5.32 Å². The van der Waals surface area contributed by atoms with Crippen LogP contribution in [0.5, 0.6) is 0 Å². The third-order valence-electron chi connectivity index (χ3n) is 4.08. The monoisotopic (exact) mass is 223 g/mol.